The minimum absolute atomic E-state index is 0.155. The van der Waals surface area contributed by atoms with Gasteiger partial charge in [-0.05, 0) is 12.0 Å². The monoisotopic (exact) mass is 270 g/mol. The molecule has 1 aromatic carbocycles. The number of aryl methyl sites for hydroxylation is 1. The van der Waals surface area contributed by atoms with Crippen LogP contribution in [0.1, 0.15) is 17.7 Å². The second-order valence-corrected chi connectivity index (χ2v) is 4.49. The van der Waals surface area contributed by atoms with Gasteiger partial charge in [0.05, 0.1) is 12.0 Å². The third kappa shape index (κ3) is 4.35. The van der Waals surface area contributed by atoms with E-state index in [9.17, 15) is 9.59 Å². The summed E-state index contributed by atoms with van der Waals surface area (Å²) in [4.78, 5) is 29.5. The van der Waals surface area contributed by atoms with Gasteiger partial charge in [0.15, 0.2) is 0 Å². The van der Waals surface area contributed by atoms with Gasteiger partial charge in [-0.2, -0.15) is 0 Å². The van der Waals surface area contributed by atoms with Crippen molar-refractivity contribution in [2.45, 2.75) is 25.3 Å². The molecule has 0 saturated heterocycles. The lowest BCUT2D eigenvalue weighted by molar-refractivity contribution is -0.121. The van der Waals surface area contributed by atoms with E-state index in [1.54, 1.807) is 6.20 Å². The predicted molar refractivity (Wildman–Crippen MR) is 74.7 cm³/mol. The molecule has 1 radical (unpaired) electrons. The molecule has 5 heteroatoms. The fraction of sp³-hybridized carbons (Fsp3) is 0.267. The highest BCUT2D eigenvalue weighted by atomic mass is 16.2. The van der Waals surface area contributed by atoms with E-state index < -0.39 is 6.04 Å². The summed E-state index contributed by atoms with van der Waals surface area (Å²) in [6.45, 7) is 0. The predicted octanol–water partition coefficient (Wildman–Crippen LogP) is 1.18. The van der Waals surface area contributed by atoms with Crippen LogP contribution in [0.25, 0.3) is 0 Å². The second kappa shape index (κ2) is 7.23. The van der Waals surface area contributed by atoms with E-state index in [0.29, 0.717) is 19.3 Å². The molecule has 2 rings (SSSR count). The number of benzene rings is 1. The van der Waals surface area contributed by atoms with E-state index in [4.69, 9.17) is 0 Å². The average molecular weight is 270 g/mol. The molecule has 0 aliphatic rings. The van der Waals surface area contributed by atoms with Crippen LogP contribution < -0.4 is 5.32 Å². The zero-order chi connectivity index (χ0) is 14.2. The Kier molecular flexibility index (Phi) is 5.06. The Morgan fingerprint density at radius 2 is 2.15 bits per heavy atom. The SMILES string of the molecule is O=[C]C(Cc1c[nH]cn1)NC(=O)CCc1ccccc1. The van der Waals surface area contributed by atoms with Crippen LogP contribution in [-0.4, -0.2) is 28.2 Å². The van der Waals surface area contributed by atoms with Crippen molar-refractivity contribution in [2.75, 3.05) is 0 Å². The first-order valence-corrected chi connectivity index (χ1v) is 6.46. The zero-order valence-corrected chi connectivity index (χ0v) is 11.0. The highest BCUT2D eigenvalue weighted by molar-refractivity contribution is 5.80. The van der Waals surface area contributed by atoms with E-state index in [1.165, 1.54) is 6.33 Å². The first-order chi connectivity index (χ1) is 9.78. The van der Waals surface area contributed by atoms with Crippen molar-refractivity contribution in [1.82, 2.24) is 15.3 Å². The maximum atomic E-state index is 11.8. The average Bonchev–Trinajstić information content (AvgIpc) is 2.98. The molecular formula is C15H16N3O2. The van der Waals surface area contributed by atoms with E-state index >= 15 is 0 Å². The van der Waals surface area contributed by atoms with Gasteiger partial charge in [-0.15, -0.1) is 0 Å². The van der Waals surface area contributed by atoms with Crippen molar-refractivity contribution in [3.63, 3.8) is 0 Å². The number of aromatic amines is 1. The van der Waals surface area contributed by atoms with Crippen LogP contribution in [0.15, 0.2) is 42.9 Å². The molecule has 1 atom stereocenters. The number of nitrogens with zero attached hydrogens (tertiary/aromatic N) is 1. The first-order valence-electron chi connectivity index (χ1n) is 6.46. The van der Waals surface area contributed by atoms with Gasteiger partial charge in [-0.1, -0.05) is 30.3 Å². The number of amides is 1. The molecule has 0 aliphatic carbocycles. The molecule has 2 N–H and O–H groups in total. The smallest absolute Gasteiger partial charge is 0.223 e. The number of imidazole rings is 1. The van der Waals surface area contributed by atoms with Crippen molar-refractivity contribution < 1.29 is 9.59 Å². The minimum atomic E-state index is -0.651. The molecule has 2 aromatic rings. The van der Waals surface area contributed by atoms with Crippen LogP contribution in [-0.2, 0) is 22.4 Å². The minimum Gasteiger partial charge on any atom is -0.351 e. The molecule has 0 bridgehead atoms. The Morgan fingerprint density at radius 1 is 1.35 bits per heavy atom. The molecule has 20 heavy (non-hydrogen) atoms. The number of rotatable bonds is 7. The number of H-pyrrole nitrogens is 1. The van der Waals surface area contributed by atoms with Gasteiger partial charge in [-0.3, -0.25) is 9.59 Å². The lowest BCUT2D eigenvalue weighted by atomic mass is 10.1. The van der Waals surface area contributed by atoms with Gasteiger partial charge in [0.25, 0.3) is 0 Å². The summed E-state index contributed by atoms with van der Waals surface area (Å²) in [7, 11) is 0. The van der Waals surface area contributed by atoms with Gasteiger partial charge in [0.1, 0.15) is 6.04 Å². The quantitative estimate of drug-likeness (QED) is 0.793. The van der Waals surface area contributed by atoms with E-state index in [-0.39, 0.29) is 5.91 Å². The maximum Gasteiger partial charge on any atom is 0.223 e. The van der Waals surface area contributed by atoms with Gasteiger partial charge in [-0.25, -0.2) is 4.98 Å². The Balaban J connectivity index is 1.79. The van der Waals surface area contributed by atoms with Gasteiger partial charge >= 0.3 is 0 Å². The van der Waals surface area contributed by atoms with Crippen molar-refractivity contribution in [3.05, 3.63) is 54.1 Å². The molecule has 5 nitrogen and oxygen atoms in total. The van der Waals surface area contributed by atoms with Crippen LogP contribution in [0.4, 0.5) is 0 Å². The molecule has 0 spiro atoms. The summed E-state index contributed by atoms with van der Waals surface area (Å²) in [5, 5.41) is 2.66. The van der Waals surface area contributed by atoms with Crippen molar-refractivity contribution in [2.24, 2.45) is 0 Å². The van der Waals surface area contributed by atoms with E-state index in [0.717, 1.165) is 11.3 Å². The molecule has 1 unspecified atom stereocenters. The van der Waals surface area contributed by atoms with Crippen LogP contribution >= 0.6 is 0 Å². The molecule has 1 amide bonds. The summed E-state index contributed by atoms with van der Waals surface area (Å²) in [6, 6.07) is 9.10. The van der Waals surface area contributed by atoms with Crippen molar-refractivity contribution >= 4 is 12.2 Å². The highest BCUT2D eigenvalue weighted by Crippen LogP contribution is 2.03. The number of aromatic nitrogens is 2. The molecular weight excluding hydrogens is 254 g/mol. The normalized spacial score (nSPS) is 11.8. The van der Waals surface area contributed by atoms with Crippen LogP contribution in [0.3, 0.4) is 0 Å². The molecule has 0 saturated carbocycles. The maximum absolute atomic E-state index is 11.8. The van der Waals surface area contributed by atoms with Crippen LogP contribution in [0.2, 0.25) is 0 Å². The lowest BCUT2D eigenvalue weighted by Gasteiger charge is -2.10. The summed E-state index contributed by atoms with van der Waals surface area (Å²) >= 11 is 0. The molecule has 1 aromatic heterocycles. The summed E-state index contributed by atoms with van der Waals surface area (Å²) in [5.41, 5.74) is 1.82. The third-order valence-corrected chi connectivity index (χ3v) is 2.93. The van der Waals surface area contributed by atoms with Crippen molar-refractivity contribution in [1.29, 1.82) is 0 Å². The highest BCUT2D eigenvalue weighted by Gasteiger charge is 2.13. The Hall–Kier alpha value is -2.43. The van der Waals surface area contributed by atoms with Crippen molar-refractivity contribution in [3.8, 4) is 0 Å². The summed E-state index contributed by atoms with van der Waals surface area (Å²) in [5.74, 6) is -0.155. The first kappa shape index (κ1) is 14.0. The third-order valence-electron chi connectivity index (χ3n) is 2.93. The molecule has 0 fully saturated rings. The van der Waals surface area contributed by atoms with Crippen LogP contribution in [0, 0.1) is 0 Å². The molecule has 0 aliphatic heterocycles. The lowest BCUT2D eigenvalue weighted by Crippen LogP contribution is -2.37. The molecule has 103 valence electrons. The zero-order valence-electron chi connectivity index (χ0n) is 11.0. The van der Waals surface area contributed by atoms with Crippen LogP contribution in [0.5, 0.6) is 0 Å². The standard InChI is InChI=1S/C15H16N3O2/c19-10-14(8-13-9-16-11-17-13)18-15(20)7-6-12-4-2-1-3-5-12/h1-5,9,11,14H,6-8H2,(H,16,17)(H,18,20). The Bertz CT molecular complexity index is 538. The van der Waals surface area contributed by atoms with E-state index in [2.05, 4.69) is 15.3 Å². The number of hydrogen-bond acceptors (Lipinski definition) is 3. The number of hydrogen-bond donors (Lipinski definition) is 2. The van der Waals surface area contributed by atoms with Gasteiger partial charge in [0, 0.05) is 19.0 Å². The second-order valence-electron chi connectivity index (χ2n) is 4.49. The summed E-state index contributed by atoms with van der Waals surface area (Å²) in [6.07, 6.45) is 6.42. The number of nitrogens with one attached hydrogen (secondary N) is 2. The Morgan fingerprint density at radius 3 is 2.80 bits per heavy atom. The van der Waals surface area contributed by atoms with Gasteiger partial charge in [0.2, 0.25) is 12.2 Å². The van der Waals surface area contributed by atoms with E-state index in [1.807, 2.05) is 36.6 Å². The number of carbonyl (C=O) groups is 1. The largest absolute Gasteiger partial charge is 0.351 e. The Labute approximate surface area is 117 Å². The fourth-order valence-electron chi connectivity index (χ4n) is 1.90. The topological polar surface area (TPSA) is 74.8 Å². The van der Waals surface area contributed by atoms with Gasteiger partial charge < -0.3 is 10.3 Å². The molecule has 1 heterocycles. The number of carbonyl (C=O) groups excluding carboxylic acids is 2. The fourth-order valence-corrected chi connectivity index (χ4v) is 1.90. The summed E-state index contributed by atoms with van der Waals surface area (Å²) < 4.78 is 0.